The van der Waals surface area contributed by atoms with Gasteiger partial charge in [-0.2, -0.15) is 0 Å². The molecule has 3 N–H and O–H groups in total. The Balaban J connectivity index is 2.27. The first-order chi connectivity index (χ1) is 9.99. The standard InChI is InChI=1S/C16H18ClN3O/c1-20(2)12-9-7-11(8-10-12)15(16(18)21)19-14-6-4-3-5-13(14)17/h3-10,15,19H,1-2H3,(H2,18,21). The van der Waals surface area contributed by atoms with Crippen molar-refractivity contribution < 1.29 is 4.79 Å². The molecule has 4 nitrogen and oxygen atoms in total. The molecule has 1 unspecified atom stereocenters. The van der Waals surface area contributed by atoms with Crippen LogP contribution in [0.5, 0.6) is 0 Å². The van der Waals surface area contributed by atoms with Crippen LogP contribution in [0.15, 0.2) is 48.5 Å². The summed E-state index contributed by atoms with van der Waals surface area (Å²) < 4.78 is 0. The molecule has 0 bridgehead atoms. The molecule has 1 atom stereocenters. The molecule has 2 rings (SSSR count). The molecular weight excluding hydrogens is 286 g/mol. The first kappa shape index (κ1) is 15.2. The molecule has 2 aromatic rings. The van der Waals surface area contributed by atoms with Gasteiger partial charge in [0.25, 0.3) is 0 Å². The van der Waals surface area contributed by atoms with E-state index in [1.807, 2.05) is 61.5 Å². The molecule has 0 fully saturated rings. The SMILES string of the molecule is CN(C)c1ccc(C(Nc2ccccc2Cl)C(N)=O)cc1. The van der Waals surface area contributed by atoms with Crippen molar-refractivity contribution in [1.29, 1.82) is 0 Å². The third kappa shape index (κ3) is 3.67. The second-order valence-corrected chi connectivity index (χ2v) is 5.35. The van der Waals surface area contributed by atoms with Crippen LogP contribution in [-0.4, -0.2) is 20.0 Å². The van der Waals surface area contributed by atoms with Gasteiger partial charge in [-0.1, -0.05) is 35.9 Å². The fraction of sp³-hybridized carbons (Fsp3) is 0.188. The molecule has 0 spiro atoms. The van der Waals surface area contributed by atoms with Crippen molar-refractivity contribution in [2.45, 2.75) is 6.04 Å². The number of rotatable bonds is 5. The smallest absolute Gasteiger partial charge is 0.244 e. The van der Waals surface area contributed by atoms with Gasteiger partial charge in [0.2, 0.25) is 5.91 Å². The predicted octanol–water partition coefficient (Wildman–Crippen LogP) is 3.04. The third-order valence-electron chi connectivity index (χ3n) is 3.20. The van der Waals surface area contributed by atoms with Crippen molar-refractivity contribution in [3.05, 3.63) is 59.1 Å². The van der Waals surface area contributed by atoms with E-state index in [1.165, 1.54) is 0 Å². The highest BCUT2D eigenvalue weighted by Crippen LogP contribution is 2.26. The van der Waals surface area contributed by atoms with Crippen molar-refractivity contribution >= 4 is 28.9 Å². The Morgan fingerprint density at radius 2 is 1.76 bits per heavy atom. The van der Waals surface area contributed by atoms with Crippen LogP contribution in [0, 0.1) is 0 Å². The fourth-order valence-electron chi connectivity index (χ4n) is 2.02. The Morgan fingerprint density at radius 3 is 2.29 bits per heavy atom. The highest BCUT2D eigenvalue weighted by atomic mass is 35.5. The number of halogens is 1. The molecule has 1 amide bonds. The van der Waals surface area contributed by atoms with Crippen LogP contribution < -0.4 is 16.0 Å². The van der Waals surface area contributed by atoms with Crippen molar-refractivity contribution in [3.8, 4) is 0 Å². The zero-order chi connectivity index (χ0) is 15.4. The van der Waals surface area contributed by atoms with Gasteiger partial charge in [-0.25, -0.2) is 0 Å². The molecule has 5 heteroatoms. The normalized spacial score (nSPS) is 11.8. The second-order valence-electron chi connectivity index (χ2n) is 4.95. The summed E-state index contributed by atoms with van der Waals surface area (Å²) in [5, 5.41) is 3.64. The monoisotopic (exact) mass is 303 g/mol. The maximum Gasteiger partial charge on any atom is 0.244 e. The van der Waals surface area contributed by atoms with Crippen LogP contribution in [0.3, 0.4) is 0 Å². The number of hydrogen-bond acceptors (Lipinski definition) is 3. The molecule has 0 aliphatic rings. The zero-order valence-corrected chi connectivity index (χ0v) is 12.8. The van der Waals surface area contributed by atoms with Crippen LogP contribution in [0.4, 0.5) is 11.4 Å². The molecule has 0 aromatic heterocycles. The first-order valence-corrected chi connectivity index (χ1v) is 6.94. The number of nitrogens with one attached hydrogen (secondary N) is 1. The summed E-state index contributed by atoms with van der Waals surface area (Å²) in [5.41, 5.74) is 8.04. The number of primary amides is 1. The van der Waals surface area contributed by atoms with E-state index in [0.717, 1.165) is 11.3 Å². The van der Waals surface area contributed by atoms with Crippen LogP contribution in [0.2, 0.25) is 5.02 Å². The lowest BCUT2D eigenvalue weighted by atomic mass is 10.1. The van der Waals surface area contributed by atoms with Gasteiger partial charge >= 0.3 is 0 Å². The number of benzene rings is 2. The summed E-state index contributed by atoms with van der Waals surface area (Å²) in [5.74, 6) is -0.451. The minimum Gasteiger partial charge on any atom is -0.378 e. The summed E-state index contributed by atoms with van der Waals surface area (Å²) in [6.07, 6.45) is 0. The van der Waals surface area contributed by atoms with Gasteiger partial charge in [-0.15, -0.1) is 0 Å². The van der Waals surface area contributed by atoms with Gasteiger partial charge in [0.05, 0.1) is 10.7 Å². The number of carbonyl (C=O) groups excluding carboxylic acids is 1. The lowest BCUT2D eigenvalue weighted by Crippen LogP contribution is -2.27. The molecule has 0 saturated carbocycles. The average Bonchev–Trinajstić information content (AvgIpc) is 2.46. The van der Waals surface area contributed by atoms with E-state index in [2.05, 4.69) is 5.32 Å². The molecule has 0 aliphatic carbocycles. The van der Waals surface area contributed by atoms with E-state index in [0.29, 0.717) is 10.7 Å². The molecule has 0 aliphatic heterocycles. The number of carbonyl (C=O) groups is 1. The van der Waals surface area contributed by atoms with Crippen LogP contribution >= 0.6 is 11.6 Å². The highest BCUT2D eigenvalue weighted by Gasteiger charge is 2.18. The Labute approximate surface area is 129 Å². The van der Waals surface area contributed by atoms with Gasteiger partial charge in [-0.3, -0.25) is 4.79 Å². The van der Waals surface area contributed by atoms with E-state index < -0.39 is 11.9 Å². The van der Waals surface area contributed by atoms with E-state index >= 15 is 0 Å². The van der Waals surface area contributed by atoms with Crippen LogP contribution in [-0.2, 0) is 4.79 Å². The fourth-order valence-corrected chi connectivity index (χ4v) is 2.21. The summed E-state index contributed by atoms with van der Waals surface area (Å²) in [6.45, 7) is 0. The Kier molecular flexibility index (Phi) is 4.70. The molecule has 110 valence electrons. The molecule has 0 saturated heterocycles. The Hall–Kier alpha value is -2.20. The zero-order valence-electron chi connectivity index (χ0n) is 12.0. The van der Waals surface area contributed by atoms with E-state index in [4.69, 9.17) is 17.3 Å². The minimum atomic E-state index is -0.624. The number of para-hydroxylation sites is 1. The number of nitrogens with two attached hydrogens (primary N) is 1. The number of hydrogen-bond donors (Lipinski definition) is 2. The van der Waals surface area contributed by atoms with Crippen molar-refractivity contribution in [1.82, 2.24) is 0 Å². The minimum absolute atomic E-state index is 0.451. The van der Waals surface area contributed by atoms with E-state index in [9.17, 15) is 4.79 Å². The lowest BCUT2D eigenvalue weighted by Gasteiger charge is -2.19. The first-order valence-electron chi connectivity index (χ1n) is 6.56. The van der Waals surface area contributed by atoms with Crippen molar-refractivity contribution in [2.24, 2.45) is 5.73 Å². The molecule has 2 aromatic carbocycles. The molecule has 0 radical (unpaired) electrons. The quantitative estimate of drug-likeness (QED) is 0.892. The van der Waals surface area contributed by atoms with Gasteiger partial charge in [0.15, 0.2) is 0 Å². The van der Waals surface area contributed by atoms with Gasteiger partial charge in [0.1, 0.15) is 6.04 Å². The number of amides is 1. The lowest BCUT2D eigenvalue weighted by molar-refractivity contribution is -0.118. The Morgan fingerprint density at radius 1 is 1.14 bits per heavy atom. The van der Waals surface area contributed by atoms with Gasteiger partial charge in [0, 0.05) is 19.8 Å². The maximum atomic E-state index is 11.7. The van der Waals surface area contributed by atoms with Crippen molar-refractivity contribution in [2.75, 3.05) is 24.3 Å². The van der Waals surface area contributed by atoms with Gasteiger partial charge < -0.3 is 16.0 Å². The van der Waals surface area contributed by atoms with Gasteiger partial charge in [-0.05, 0) is 29.8 Å². The summed E-state index contributed by atoms with van der Waals surface area (Å²) in [6, 6.07) is 14.3. The summed E-state index contributed by atoms with van der Waals surface area (Å²) in [7, 11) is 3.92. The third-order valence-corrected chi connectivity index (χ3v) is 3.53. The predicted molar refractivity (Wildman–Crippen MR) is 87.8 cm³/mol. The molecular formula is C16H18ClN3O. The maximum absolute atomic E-state index is 11.7. The number of nitrogens with zero attached hydrogens (tertiary/aromatic N) is 1. The summed E-state index contributed by atoms with van der Waals surface area (Å²) in [4.78, 5) is 13.7. The van der Waals surface area contributed by atoms with E-state index in [1.54, 1.807) is 6.07 Å². The molecule has 21 heavy (non-hydrogen) atoms. The van der Waals surface area contributed by atoms with E-state index in [-0.39, 0.29) is 0 Å². The summed E-state index contributed by atoms with van der Waals surface area (Å²) >= 11 is 6.11. The molecule has 0 heterocycles. The second kappa shape index (κ2) is 6.50. The largest absolute Gasteiger partial charge is 0.378 e. The van der Waals surface area contributed by atoms with Crippen molar-refractivity contribution in [3.63, 3.8) is 0 Å². The topological polar surface area (TPSA) is 58.4 Å². The Bertz CT molecular complexity index is 626. The van der Waals surface area contributed by atoms with Crippen LogP contribution in [0.25, 0.3) is 0 Å². The highest BCUT2D eigenvalue weighted by molar-refractivity contribution is 6.33. The average molecular weight is 304 g/mol. The van der Waals surface area contributed by atoms with Crippen LogP contribution in [0.1, 0.15) is 11.6 Å². The number of anilines is 2.